The van der Waals surface area contributed by atoms with Crippen LogP contribution in [0.2, 0.25) is 5.02 Å². The summed E-state index contributed by atoms with van der Waals surface area (Å²) in [5.41, 5.74) is 0.843. The minimum atomic E-state index is -0.110. The van der Waals surface area contributed by atoms with Gasteiger partial charge in [-0.25, -0.2) is 4.98 Å². The quantitative estimate of drug-likeness (QED) is 0.818. The molecule has 1 fully saturated rings. The molecule has 8 heteroatoms. The molecule has 4 rings (SSSR count). The Balaban J connectivity index is 1.44. The van der Waals surface area contributed by atoms with E-state index in [0.717, 1.165) is 28.4 Å². The molecule has 2 aliphatic rings. The molecule has 2 aromatic rings. The number of rotatable bonds is 2. The number of aromatic nitrogens is 1. The van der Waals surface area contributed by atoms with E-state index in [1.807, 2.05) is 18.2 Å². The molecular weight excluding hydrogens is 350 g/mol. The van der Waals surface area contributed by atoms with Crippen molar-refractivity contribution < 1.29 is 14.3 Å². The molecule has 1 aromatic heterocycles. The third-order valence-corrected chi connectivity index (χ3v) is 5.44. The first kappa shape index (κ1) is 15.5. The Hall–Kier alpha value is -1.99. The van der Waals surface area contributed by atoms with Crippen LogP contribution in [-0.2, 0) is 14.3 Å². The molecule has 0 bridgehead atoms. The molecule has 0 unspecified atom stereocenters. The lowest BCUT2D eigenvalue weighted by Gasteiger charge is -2.35. The smallest absolute Gasteiger partial charge is 0.292 e. The first-order valence-corrected chi connectivity index (χ1v) is 8.96. The van der Waals surface area contributed by atoms with Gasteiger partial charge in [-0.15, -0.1) is 0 Å². The monoisotopic (exact) mass is 365 g/mol. The highest BCUT2D eigenvalue weighted by Crippen LogP contribution is 2.33. The fourth-order valence-corrected chi connectivity index (χ4v) is 4.09. The van der Waals surface area contributed by atoms with Crippen LogP contribution in [-0.4, -0.2) is 55.2 Å². The van der Waals surface area contributed by atoms with E-state index in [4.69, 9.17) is 21.1 Å². The largest absolute Gasteiger partial charge is 0.494 e. The number of piperazine rings is 1. The molecule has 126 valence electrons. The third-order valence-electron chi connectivity index (χ3n) is 4.06. The molecular formula is C16H16ClN3O3S. The van der Waals surface area contributed by atoms with Gasteiger partial charge in [0.15, 0.2) is 5.13 Å². The van der Waals surface area contributed by atoms with Crippen molar-refractivity contribution in [1.82, 2.24) is 9.88 Å². The molecule has 0 N–H and O–H groups in total. The van der Waals surface area contributed by atoms with E-state index in [1.165, 1.54) is 6.26 Å². The zero-order chi connectivity index (χ0) is 16.5. The topological polar surface area (TPSA) is 54.9 Å². The van der Waals surface area contributed by atoms with E-state index in [1.54, 1.807) is 16.2 Å². The van der Waals surface area contributed by atoms with Crippen LogP contribution < -0.4 is 4.90 Å². The maximum absolute atomic E-state index is 12.4. The van der Waals surface area contributed by atoms with Gasteiger partial charge < -0.3 is 19.3 Å². The number of para-hydroxylation sites is 1. The number of carbonyl (C=O) groups is 1. The van der Waals surface area contributed by atoms with E-state index in [-0.39, 0.29) is 5.91 Å². The number of amides is 1. The second-order valence-electron chi connectivity index (χ2n) is 5.56. The van der Waals surface area contributed by atoms with Crippen molar-refractivity contribution in [2.75, 3.05) is 44.3 Å². The van der Waals surface area contributed by atoms with Crippen LogP contribution in [0.15, 0.2) is 30.2 Å². The van der Waals surface area contributed by atoms with Crippen LogP contribution in [0.3, 0.4) is 0 Å². The first-order valence-electron chi connectivity index (χ1n) is 7.76. The van der Waals surface area contributed by atoms with Crippen molar-refractivity contribution >= 4 is 44.2 Å². The van der Waals surface area contributed by atoms with Crippen molar-refractivity contribution in [3.63, 3.8) is 0 Å². The van der Waals surface area contributed by atoms with Gasteiger partial charge in [-0.05, 0) is 12.1 Å². The van der Waals surface area contributed by atoms with Gasteiger partial charge in [0.1, 0.15) is 25.0 Å². The minimum Gasteiger partial charge on any atom is -0.494 e. The summed E-state index contributed by atoms with van der Waals surface area (Å²) in [6, 6.07) is 5.81. The van der Waals surface area contributed by atoms with E-state index < -0.39 is 0 Å². The molecule has 3 heterocycles. The number of hydrogen-bond acceptors (Lipinski definition) is 6. The van der Waals surface area contributed by atoms with E-state index in [9.17, 15) is 4.79 Å². The van der Waals surface area contributed by atoms with Crippen molar-refractivity contribution in [1.29, 1.82) is 0 Å². The van der Waals surface area contributed by atoms with Gasteiger partial charge in [0.05, 0.1) is 9.72 Å². The molecule has 24 heavy (non-hydrogen) atoms. The zero-order valence-electron chi connectivity index (χ0n) is 12.9. The number of carbonyl (C=O) groups excluding carboxylic acids is 1. The molecule has 0 radical (unpaired) electrons. The number of thiazole rings is 1. The fraction of sp³-hybridized carbons (Fsp3) is 0.375. The molecule has 0 saturated carbocycles. The Morgan fingerprint density at radius 2 is 2.04 bits per heavy atom. The summed E-state index contributed by atoms with van der Waals surface area (Å²) in [7, 11) is 0. The summed E-state index contributed by atoms with van der Waals surface area (Å²) in [5.74, 6) is 0.183. The molecule has 1 aromatic carbocycles. The number of fused-ring (bicyclic) bond motifs is 1. The molecule has 0 atom stereocenters. The van der Waals surface area contributed by atoms with Crippen molar-refractivity contribution in [3.8, 4) is 0 Å². The summed E-state index contributed by atoms with van der Waals surface area (Å²) in [4.78, 5) is 21.0. The highest BCUT2D eigenvalue weighted by molar-refractivity contribution is 7.22. The fourth-order valence-electron chi connectivity index (χ4n) is 2.78. The second-order valence-corrected chi connectivity index (χ2v) is 6.98. The van der Waals surface area contributed by atoms with Gasteiger partial charge >= 0.3 is 0 Å². The molecule has 0 aliphatic carbocycles. The summed E-state index contributed by atoms with van der Waals surface area (Å²) in [6.07, 6.45) is 1.41. The number of anilines is 1. The summed E-state index contributed by atoms with van der Waals surface area (Å²) in [6.45, 7) is 3.63. The Labute approximate surface area is 148 Å². The van der Waals surface area contributed by atoms with Crippen molar-refractivity contribution in [2.45, 2.75) is 0 Å². The van der Waals surface area contributed by atoms with Gasteiger partial charge in [-0.3, -0.25) is 4.79 Å². The van der Waals surface area contributed by atoms with Gasteiger partial charge in [0, 0.05) is 26.2 Å². The lowest BCUT2D eigenvalue weighted by Crippen LogP contribution is -2.49. The van der Waals surface area contributed by atoms with Crippen molar-refractivity contribution in [3.05, 3.63) is 35.2 Å². The number of ether oxygens (including phenoxy) is 2. The van der Waals surface area contributed by atoms with E-state index in [2.05, 4.69) is 9.88 Å². The number of halogens is 1. The normalized spacial score (nSPS) is 18.1. The van der Waals surface area contributed by atoms with E-state index >= 15 is 0 Å². The molecule has 6 nitrogen and oxygen atoms in total. The zero-order valence-corrected chi connectivity index (χ0v) is 14.5. The Bertz CT molecular complexity index is 799. The molecule has 1 amide bonds. The number of benzene rings is 1. The Morgan fingerprint density at radius 1 is 1.21 bits per heavy atom. The minimum absolute atomic E-state index is 0.110. The highest BCUT2D eigenvalue weighted by atomic mass is 35.5. The Kier molecular flexibility index (Phi) is 4.20. The standard InChI is InChI=1S/C16H16ClN3O3S/c17-11-2-1-3-13-14(11)18-16(24-13)20-6-4-19(5-7-20)15(21)12-10-22-8-9-23-12/h1-3,10H,4-9H2. The highest BCUT2D eigenvalue weighted by Gasteiger charge is 2.27. The Morgan fingerprint density at radius 3 is 2.75 bits per heavy atom. The van der Waals surface area contributed by atoms with Crippen LogP contribution in [0.4, 0.5) is 5.13 Å². The molecule has 1 saturated heterocycles. The van der Waals surface area contributed by atoms with Gasteiger partial charge in [0.2, 0.25) is 5.76 Å². The number of nitrogens with zero attached hydrogens (tertiary/aromatic N) is 3. The second kappa shape index (κ2) is 6.49. The average Bonchev–Trinajstić information content (AvgIpc) is 3.08. The van der Waals surface area contributed by atoms with Gasteiger partial charge in [0.25, 0.3) is 5.91 Å². The number of hydrogen-bond donors (Lipinski definition) is 0. The summed E-state index contributed by atoms with van der Waals surface area (Å²) in [5, 5.41) is 1.62. The predicted octanol–water partition coefficient (Wildman–Crippen LogP) is 2.49. The van der Waals surface area contributed by atoms with Gasteiger partial charge in [-0.2, -0.15) is 0 Å². The van der Waals surface area contributed by atoms with Crippen LogP contribution in [0.25, 0.3) is 10.2 Å². The summed E-state index contributed by atoms with van der Waals surface area (Å²) < 4.78 is 11.6. The van der Waals surface area contributed by atoms with Gasteiger partial charge in [-0.1, -0.05) is 29.0 Å². The average molecular weight is 366 g/mol. The van der Waals surface area contributed by atoms with Crippen LogP contribution in [0.5, 0.6) is 0 Å². The SMILES string of the molecule is O=C(C1=COCCO1)N1CCN(c2nc3c(Cl)cccc3s2)CC1. The van der Waals surface area contributed by atoms with E-state index in [0.29, 0.717) is 37.1 Å². The summed E-state index contributed by atoms with van der Waals surface area (Å²) >= 11 is 7.83. The van der Waals surface area contributed by atoms with Crippen molar-refractivity contribution in [2.24, 2.45) is 0 Å². The third kappa shape index (κ3) is 2.89. The maximum atomic E-state index is 12.4. The molecule has 0 spiro atoms. The first-order chi connectivity index (χ1) is 11.7. The van der Waals surface area contributed by atoms with Crippen LogP contribution in [0.1, 0.15) is 0 Å². The lowest BCUT2D eigenvalue weighted by atomic mass is 10.3. The lowest BCUT2D eigenvalue weighted by molar-refractivity contribution is -0.132. The molecule has 2 aliphatic heterocycles. The van der Waals surface area contributed by atoms with Crippen LogP contribution in [0, 0.1) is 0 Å². The predicted molar refractivity (Wildman–Crippen MR) is 93.4 cm³/mol. The van der Waals surface area contributed by atoms with Crippen LogP contribution >= 0.6 is 22.9 Å². The maximum Gasteiger partial charge on any atom is 0.292 e.